The number of carbonyl (C=O) groups excluding carboxylic acids is 3. The minimum Gasteiger partial charge on any atom is -0.493 e. The highest BCUT2D eigenvalue weighted by atomic mass is 16.6. The molecule has 3 rings (SSSR count). The number of nitro groups is 1. The van der Waals surface area contributed by atoms with Crippen LogP contribution in [0.1, 0.15) is 20.7 Å². The third kappa shape index (κ3) is 3.48. The summed E-state index contributed by atoms with van der Waals surface area (Å²) in [6.07, 6.45) is 0. The van der Waals surface area contributed by atoms with Crippen LogP contribution in [0.25, 0.3) is 0 Å². The highest BCUT2D eigenvalue weighted by Crippen LogP contribution is 2.40. The van der Waals surface area contributed by atoms with E-state index in [-0.39, 0.29) is 16.8 Å². The number of hydrogen-bond donors (Lipinski definition) is 1. The van der Waals surface area contributed by atoms with Crippen molar-refractivity contribution in [3.63, 3.8) is 0 Å². The fraction of sp³-hybridized carbons (Fsp3) is 0.211. The number of nitrogens with zero attached hydrogens (tertiary/aromatic N) is 2. The minimum absolute atomic E-state index is 0.116. The summed E-state index contributed by atoms with van der Waals surface area (Å²) in [7, 11) is 4.25. The lowest BCUT2D eigenvalue weighted by Crippen LogP contribution is -2.37. The zero-order valence-electron chi connectivity index (χ0n) is 16.3. The van der Waals surface area contributed by atoms with E-state index in [2.05, 4.69) is 5.32 Å². The van der Waals surface area contributed by atoms with Gasteiger partial charge in [0, 0.05) is 23.9 Å². The van der Waals surface area contributed by atoms with E-state index >= 15 is 0 Å². The molecule has 1 N–H and O–H groups in total. The first kappa shape index (κ1) is 20.6. The molecule has 0 spiro atoms. The second kappa shape index (κ2) is 8.07. The molecule has 0 radical (unpaired) electrons. The van der Waals surface area contributed by atoms with Gasteiger partial charge < -0.3 is 19.5 Å². The van der Waals surface area contributed by atoms with E-state index in [1.165, 1.54) is 45.6 Å². The van der Waals surface area contributed by atoms with Crippen molar-refractivity contribution in [3.8, 4) is 17.2 Å². The van der Waals surface area contributed by atoms with Crippen LogP contribution in [0, 0.1) is 10.1 Å². The Hall–Kier alpha value is -4.15. The molecule has 11 nitrogen and oxygen atoms in total. The third-order valence-electron chi connectivity index (χ3n) is 4.42. The fourth-order valence-electron chi connectivity index (χ4n) is 3.11. The summed E-state index contributed by atoms with van der Waals surface area (Å²) in [6, 6.07) is 6.70. The van der Waals surface area contributed by atoms with Gasteiger partial charge >= 0.3 is 0 Å². The van der Waals surface area contributed by atoms with Gasteiger partial charge in [0.25, 0.3) is 17.5 Å². The quantitative estimate of drug-likeness (QED) is 0.411. The Morgan fingerprint density at radius 1 is 1.07 bits per heavy atom. The van der Waals surface area contributed by atoms with Crippen LogP contribution in [0.5, 0.6) is 17.2 Å². The molecule has 30 heavy (non-hydrogen) atoms. The smallest absolute Gasteiger partial charge is 0.282 e. The summed E-state index contributed by atoms with van der Waals surface area (Å²) < 4.78 is 15.6. The van der Waals surface area contributed by atoms with Crippen LogP contribution in [-0.4, -0.2) is 55.4 Å². The van der Waals surface area contributed by atoms with Gasteiger partial charge in [-0.25, -0.2) is 0 Å². The summed E-state index contributed by atoms with van der Waals surface area (Å²) in [5, 5.41) is 13.7. The summed E-state index contributed by atoms with van der Waals surface area (Å²) in [6.45, 7) is -0.625. The Bertz CT molecular complexity index is 1040. The number of carbonyl (C=O) groups is 3. The summed E-state index contributed by atoms with van der Waals surface area (Å²) in [5.41, 5.74) is -0.654. The first-order valence-corrected chi connectivity index (χ1v) is 8.55. The maximum Gasteiger partial charge on any atom is 0.282 e. The number of imide groups is 1. The first-order chi connectivity index (χ1) is 14.3. The lowest BCUT2D eigenvalue weighted by atomic mass is 10.1. The van der Waals surface area contributed by atoms with E-state index in [1.807, 2.05) is 0 Å². The second-order valence-electron chi connectivity index (χ2n) is 6.12. The fourth-order valence-corrected chi connectivity index (χ4v) is 3.11. The Morgan fingerprint density at radius 3 is 2.23 bits per heavy atom. The zero-order chi connectivity index (χ0) is 22.0. The van der Waals surface area contributed by atoms with Crippen molar-refractivity contribution in [2.75, 3.05) is 33.2 Å². The van der Waals surface area contributed by atoms with Crippen LogP contribution in [-0.2, 0) is 4.79 Å². The van der Waals surface area contributed by atoms with Crippen LogP contribution in [0.2, 0.25) is 0 Å². The molecule has 2 aromatic carbocycles. The van der Waals surface area contributed by atoms with Gasteiger partial charge in [0.1, 0.15) is 12.1 Å². The topological polar surface area (TPSA) is 137 Å². The molecule has 1 aliphatic heterocycles. The van der Waals surface area contributed by atoms with Gasteiger partial charge in [-0.1, -0.05) is 6.07 Å². The largest absolute Gasteiger partial charge is 0.493 e. The van der Waals surface area contributed by atoms with Gasteiger partial charge in [-0.05, 0) is 6.07 Å². The standard InChI is InChI=1S/C19H17N3O8/c1-28-13-7-10(8-14(29-2)17(13)30-3)20-15(23)9-21-18(24)11-5-4-6-12(22(26)27)16(11)19(21)25/h4-8H,9H2,1-3H3,(H,20,23). The number of methoxy groups -OCH3 is 3. The molecule has 0 aromatic heterocycles. The van der Waals surface area contributed by atoms with E-state index in [0.717, 1.165) is 6.07 Å². The Labute approximate surface area is 170 Å². The summed E-state index contributed by atoms with van der Waals surface area (Å²) in [4.78, 5) is 48.6. The van der Waals surface area contributed by atoms with Crippen molar-refractivity contribution in [3.05, 3.63) is 51.6 Å². The highest BCUT2D eigenvalue weighted by molar-refractivity contribution is 6.24. The first-order valence-electron chi connectivity index (χ1n) is 8.55. The Morgan fingerprint density at radius 2 is 1.70 bits per heavy atom. The van der Waals surface area contributed by atoms with Crippen molar-refractivity contribution >= 4 is 29.1 Å². The number of benzene rings is 2. The third-order valence-corrected chi connectivity index (χ3v) is 4.42. The summed E-state index contributed by atoms with van der Waals surface area (Å²) >= 11 is 0. The molecule has 2 aromatic rings. The normalized spacial score (nSPS) is 12.4. The number of rotatable bonds is 7. The molecule has 1 aliphatic rings. The van der Waals surface area contributed by atoms with Crippen molar-refractivity contribution in [1.29, 1.82) is 0 Å². The Balaban J connectivity index is 1.82. The van der Waals surface area contributed by atoms with Crippen LogP contribution >= 0.6 is 0 Å². The SMILES string of the molecule is COc1cc(NC(=O)CN2C(=O)c3cccc([N+](=O)[O-])c3C2=O)cc(OC)c1OC. The van der Waals surface area contributed by atoms with Gasteiger partial charge in [-0.3, -0.25) is 29.4 Å². The van der Waals surface area contributed by atoms with Crippen LogP contribution in [0.3, 0.4) is 0 Å². The van der Waals surface area contributed by atoms with E-state index < -0.39 is 34.9 Å². The van der Waals surface area contributed by atoms with E-state index in [1.54, 1.807) is 0 Å². The molecule has 0 saturated heterocycles. The van der Waals surface area contributed by atoms with Crippen molar-refractivity contribution in [1.82, 2.24) is 4.90 Å². The summed E-state index contributed by atoms with van der Waals surface area (Å²) in [5.74, 6) is -1.46. The van der Waals surface area contributed by atoms with Gasteiger partial charge in [0.2, 0.25) is 11.7 Å². The molecule has 0 unspecified atom stereocenters. The number of ether oxygens (including phenoxy) is 3. The van der Waals surface area contributed by atoms with Crippen LogP contribution in [0.4, 0.5) is 11.4 Å². The van der Waals surface area contributed by atoms with Gasteiger partial charge in [0.15, 0.2) is 11.5 Å². The molecule has 3 amide bonds. The number of hydrogen-bond acceptors (Lipinski definition) is 8. The van der Waals surface area contributed by atoms with Gasteiger partial charge in [-0.2, -0.15) is 0 Å². The lowest BCUT2D eigenvalue weighted by Gasteiger charge is -2.16. The van der Waals surface area contributed by atoms with Crippen LogP contribution < -0.4 is 19.5 Å². The zero-order valence-corrected chi connectivity index (χ0v) is 16.3. The second-order valence-corrected chi connectivity index (χ2v) is 6.12. The number of nitrogens with one attached hydrogen (secondary N) is 1. The monoisotopic (exact) mass is 415 g/mol. The van der Waals surface area contributed by atoms with Crippen molar-refractivity contribution < 1.29 is 33.5 Å². The maximum atomic E-state index is 12.6. The number of nitro benzene ring substituents is 1. The Kier molecular flexibility index (Phi) is 5.54. The highest BCUT2D eigenvalue weighted by Gasteiger charge is 2.41. The molecule has 0 saturated carbocycles. The lowest BCUT2D eigenvalue weighted by molar-refractivity contribution is -0.385. The molecule has 0 bridgehead atoms. The number of amides is 3. The molecule has 156 valence electrons. The minimum atomic E-state index is -0.901. The number of anilines is 1. The predicted molar refractivity (Wildman–Crippen MR) is 103 cm³/mol. The molecule has 0 fully saturated rings. The average Bonchev–Trinajstić information content (AvgIpc) is 2.97. The maximum absolute atomic E-state index is 12.6. The van der Waals surface area contributed by atoms with Gasteiger partial charge in [0.05, 0.1) is 31.8 Å². The molecule has 0 atom stereocenters. The predicted octanol–water partition coefficient (Wildman–Crippen LogP) is 1.86. The molecular weight excluding hydrogens is 398 g/mol. The number of fused-ring (bicyclic) bond motifs is 1. The molecule has 1 heterocycles. The van der Waals surface area contributed by atoms with Crippen LogP contribution in [0.15, 0.2) is 30.3 Å². The molecule has 0 aliphatic carbocycles. The molecule has 11 heteroatoms. The van der Waals surface area contributed by atoms with Crippen molar-refractivity contribution in [2.24, 2.45) is 0 Å². The van der Waals surface area contributed by atoms with Crippen molar-refractivity contribution in [2.45, 2.75) is 0 Å². The van der Waals surface area contributed by atoms with E-state index in [4.69, 9.17) is 14.2 Å². The van der Waals surface area contributed by atoms with E-state index in [9.17, 15) is 24.5 Å². The average molecular weight is 415 g/mol. The molecular formula is C19H17N3O8. The van der Waals surface area contributed by atoms with Gasteiger partial charge in [-0.15, -0.1) is 0 Å². The van der Waals surface area contributed by atoms with E-state index in [0.29, 0.717) is 22.1 Å².